The summed E-state index contributed by atoms with van der Waals surface area (Å²) in [5, 5.41) is 3.27. The Labute approximate surface area is 153 Å². The largest absolute Gasteiger partial charge is 0.375 e. The van der Waals surface area contributed by atoms with Crippen molar-refractivity contribution in [1.82, 2.24) is 10.2 Å². The first-order valence-electron chi connectivity index (χ1n) is 9.38. The van der Waals surface area contributed by atoms with E-state index in [0.717, 1.165) is 38.5 Å². The maximum atomic E-state index is 13.8. The Balaban J connectivity index is 1.62. The lowest BCUT2D eigenvalue weighted by molar-refractivity contribution is -0.0817. The average Bonchev–Trinajstić information content (AvgIpc) is 3.18. The summed E-state index contributed by atoms with van der Waals surface area (Å²) in [6, 6.07) is 3.93. The van der Waals surface area contributed by atoms with Crippen molar-refractivity contribution in [2.24, 2.45) is 4.99 Å². The molecule has 0 saturated carbocycles. The number of nitrogens with one attached hydrogen (secondary N) is 1. The highest BCUT2D eigenvalue weighted by atomic mass is 19.1. The predicted molar refractivity (Wildman–Crippen MR) is 96.3 cm³/mol. The normalized spacial score (nSPS) is 24.1. The SMILES string of the molecule is CCNC(=NCCc1c(F)cccc1F)N1CCOC(C2CCCO2)C1. The van der Waals surface area contributed by atoms with Crippen LogP contribution in [0.1, 0.15) is 25.3 Å². The first-order valence-corrected chi connectivity index (χ1v) is 9.38. The number of hydrogen-bond donors (Lipinski definition) is 1. The quantitative estimate of drug-likeness (QED) is 0.641. The molecular weight excluding hydrogens is 340 g/mol. The van der Waals surface area contributed by atoms with E-state index in [1.54, 1.807) is 0 Å². The zero-order valence-corrected chi connectivity index (χ0v) is 15.2. The van der Waals surface area contributed by atoms with Gasteiger partial charge in [0.25, 0.3) is 0 Å². The van der Waals surface area contributed by atoms with Crippen LogP contribution in [-0.2, 0) is 15.9 Å². The minimum atomic E-state index is -0.519. The zero-order chi connectivity index (χ0) is 18.4. The number of hydrogen-bond acceptors (Lipinski definition) is 3. The minimum absolute atomic E-state index is 0.0409. The summed E-state index contributed by atoms with van der Waals surface area (Å²) in [5.41, 5.74) is 0.0892. The second-order valence-electron chi connectivity index (χ2n) is 6.59. The fourth-order valence-corrected chi connectivity index (χ4v) is 3.46. The Morgan fingerprint density at radius 3 is 2.69 bits per heavy atom. The van der Waals surface area contributed by atoms with Gasteiger partial charge in [0.2, 0.25) is 0 Å². The van der Waals surface area contributed by atoms with Gasteiger partial charge < -0.3 is 19.7 Å². The molecule has 2 heterocycles. The third kappa shape index (κ3) is 4.71. The third-order valence-corrected chi connectivity index (χ3v) is 4.79. The molecule has 26 heavy (non-hydrogen) atoms. The van der Waals surface area contributed by atoms with Crippen LogP contribution >= 0.6 is 0 Å². The van der Waals surface area contributed by atoms with Gasteiger partial charge in [0.1, 0.15) is 17.7 Å². The molecule has 0 bridgehead atoms. The van der Waals surface area contributed by atoms with Gasteiger partial charge >= 0.3 is 0 Å². The molecule has 0 amide bonds. The Kier molecular flexibility index (Phi) is 6.80. The number of nitrogens with zero attached hydrogens (tertiary/aromatic N) is 2. The number of ether oxygens (including phenoxy) is 2. The lowest BCUT2D eigenvalue weighted by Gasteiger charge is -2.37. The van der Waals surface area contributed by atoms with Crippen LogP contribution in [0.5, 0.6) is 0 Å². The van der Waals surface area contributed by atoms with E-state index in [4.69, 9.17) is 9.47 Å². The zero-order valence-electron chi connectivity index (χ0n) is 15.2. The van der Waals surface area contributed by atoms with Crippen LogP contribution in [0.4, 0.5) is 8.78 Å². The van der Waals surface area contributed by atoms with Crippen molar-refractivity contribution < 1.29 is 18.3 Å². The van der Waals surface area contributed by atoms with Crippen molar-refractivity contribution >= 4 is 5.96 Å². The molecule has 2 saturated heterocycles. The van der Waals surface area contributed by atoms with Gasteiger partial charge in [0.15, 0.2) is 5.96 Å². The highest BCUT2D eigenvalue weighted by Crippen LogP contribution is 2.21. The van der Waals surface area contributed by atoms with E-state index in [0.29, 0.717) is 19.7 Å². The summed E-state index contributed by atoms with van der Waals surface area (Å²) in [6.07, 6.45) is 2.52. The molecule has 3 rings (SSSR count). The summed E-state index contributed by atoms with van der Waals surface area (Å²) in [6.45, 7) is 5.93. The monoisotopic (exact) mass is 367 g/mol. The molecule has 1 aromatic carbocycles. The summed E-state index contributed by atoms with van der Waals surface area (Å²) in [7, 11) is 0. The molecule has 2 atom stereocenters. The van der Waals surface area contributed by atoms with Gasteiger partial charge in [-0.2, -0.15) is 0 Å². The van der Waals surface area contributed by atoms with Crippen LogP contribution in [0.3, 0.4) is 0 Å². The lowest BCUT2D eigenvalue weighted by atomic mass is 10.1. The van der Waals surface area contributed by atoms with Gasteiger partial charge in [-0.3, -0.25) is 4.99 Å². The number of halogens is 2. The molecular formula is C19H27F2N3O2. The molecule has 0 aliphatic carbocycles. The summed E-state index contributed by atoms with van der Waals surface area (Å²) in [5.74, 6) is -0.277. The van der Waals surface area contributed by atoms with Crippen molar-refractivity contribution in [3.05, 3.63) is 35.4 Å². The van der Waals surface area contributed by atoms with Crippen LogP contribution in [0.15, 0.2) is 23.2 Å². The van der Waals surface area contributed by atoms with Crippen molar-refractivity contribution in [3.63, 3.8) is 0 Å². The molecule has 2 unspecified atom stereocenters. The Morgan fingerprint density at radius 2 is 2.00 bits per heavy atom. The molecule has 144 valence electrons. The number of aliphatic imine (C=N–C) groups is 1. The van der Waals surface area contributed by atoms with Gasteiger partial charge in [-0.05, 0) is 38.3 Å². The summed E-state index contributed by atoms with van der Waals surface area (Å²) < 4.78 is 39.1. The molecule has 0 radical (unpaired) electrons. The van der Waals surface area contributed by atoms with E-state index in [1.807, 2.05) is 6.92 Å². The molecule has 0 spiro atoms. The Morgan fingerprint density at radius 1 is 1.23 bits per heavy atom. The number of guanidine groups is 1. The van der Waals surface area contributed by atoms with Crippen molar-refractivity contribution in [2.45, 2.75) is 38.4 Å². The summed E-state index contributed by atoms with van der Waals surface area (Å²) >= 11 is 0. The van der Waals surface area contributed by atoms with Crippen molar-refractivity contribution in [3.8, 4) is 0 Å². The van der Waals surface area contributed by atoms with E-state index in [2.05, 4.69) is 15.2 Å². The smallest absolute Gasteiger partial charge is 0.194 e. The second kappa shape index (κ2) is 9.28. The maximum Gasteiger partial charge on any atom is 0.194 e. The van der Waals surface area contributed by atoms with Gasteiger partial charge in [-0.15, -0.1) is 0 Å². The highest BCUT2D eigenvalue weighted by Gasteiger charge is 2.32. The molecule has 2 fully saturated rings. The van der Waals surface area contributed by atoms with E-state index in [-0.39, 0.29) is 24.2 Å². The molecule has 1 N–H and O–H groups in total. The Hall–Kier alpha value is -1.73. The molecule has 1 aromatic rings. The fraction of sp³-hybridized carbons (Fsp3) is 0.632. The van der Waals surface area contributed by atoms with E-state index < -0.39 is 11.6 Å². The average molecular weight is 367 g/mol. The predicted octanol–water partition coefficient (Wildman–Crippen LogP) is 2.35. The van der Waals surface area contributed by atoms with Crippen molar-refractivity contribution in [1.29, 1.82) is 0 Å². The second-order valence-corrected chi connectivity index (χ2v) is 6.59. The first kappa shape index (κ1) is 19.0. The molecule has 2 aliphatic rings. The summed E-state index contributed by atoms with van der Waals surface area (Å²) in [4.78, 5) is 6.73. The molecule has 0 aromatic heterocycles. The highest BCUT2D eigenvalue weighted by molar-refractivity contribution is 5.80. The van der Waals surface area contributed by atoms with Crippen LogP contribution in [0, 0.1) is 11.6 Å². The van der Waals surface area contributed by atoms with Crippen LogP contribution in [0.2, 0.25) is 0 Å². The first-order chi connectivity index (χ1) is 12.7. The van der Waals surface area contributed by atoms with Crippen LogP contribution in [-0.4, -0.2) is 62.5 Å². The van der Waals surface area contributed by atoms with Gasteiger partial charge in [-0.1, -0.05) is 6.07 Å². The third-order valence-electron chi connectivity index (χ3n) is 4.79. The molecule has 2 aliphatic heterocycles. The number of benzene rings is 1. The fourth-order valence-electron chi connectivity index (χ4n) is 3.46. The van der Waals surface area contributed by atoms with Crippen LogP contribution < -0.4 is 5.32 Å². The lowest BCUT2D eigenvalue weighted by Crippen LogP contribution is -2.53. The topological polar surface area (TPSA) is 46.1 Å². The maximum absolute atomic E-state index is 13.8. The van der Waals surface area contributed by atoms with Crippen LogP contribution in [0.25, 0.3) is 0 Å². The van der Waals surface area contributed by atoms with E-state index in [1.165, 1.54) is 18.2 Å². The van der Waals surface area contributed by atoms with Gasteiger partial charge in [0, 0.05) is 38.3 Å². The molecule has 7 heteroatoms. The number of rotatable bonds is 5. The standard InChI is InChI=1S/C19H27F2N3O2/c1-2-22-19(23-9-8-14-15(20)5-3-6-16(14)21)24-10-12-26-18(13-24)17-7-4-11-25-17/h3,5-6,17-18H,2,4,7-13H2,1H3,(H,22,23). The van der Waals surface area contributed by atoms with E-state index >= 15 is 0 Å². The minimum Gasteiger partial charge on any atom is -0.375 e. The van der Waals surface area contributed by atoms with E-state index in [9.17, 15) is 8.78 Å². The van der Waals surface area contributed by atoms with Gasteiger partial charge in [-0.25, -0.2) is 8.78 Å². The van der Waals surface area contributed by atoms with Gasteiger partial charge in [0.05, 0.1) is 12.7 Å². The Bertz CT molecular complexity index is 601. The van der Waals surface area contributed by atoms with Crippen molar-refractivity contribution in [2.75, 3.05) is 39.4 Å². The number of morpholine rings is 1. The molecule has 5 nitrogen and oxygen atoms in total.